The summed E-state index contributed by atoms with van der Waals surface area (Å²) in [6.45, 7) is 3.81. The minimum absolute atomic E-state index is 0.143. The zero-order chi connectivity index (χ0) is 20.9. The molecule has 154 valence electrons. The molecule has 6 nitrogen and oxygen atoms in total. The first-order chi connectivity index (χ1) is 13.8. The summed E-state index contributed by atoms with van der Waals surface area (Å²) in [5.41, 5.74) is 2.46. The molecule has 0 radical (unpaired) electrons. The Morgan fingerprint density at radius 3 is 2.48 bits per heavy atom. The maximum Gasteiger partial charge on any atom is 0.238 e. The van der Waals surface area contributed by atoms with Crippen LogP contribution < -0.4 is 5.32 Å². The van der Waals surface area contributed by atoms with Crippen molar-refractivity contribution >= 4 is 39.3 Å². The minimum Gasteiger partial charge on any atom is -0.325 e. The largest absolute Gasteiger partial charge is 0.325 e. The van der Waals surface area contributed by atoms with Gasteiger partial charge in [0.15, 0.2) is 0 Å². The Kier molecular flexibility index (Phi) is 7.08. The van der Waals surface area contributed by atoms with Crippen molar-refractivity contribution in [3.8, 4) is 0 Å². The molecule has 1 heterocycles. The van der Waals surface area contributed by atoms with E-state index in [4.69, 9.17) is 11.6 Å². The van der Waals surface area contributed by atoms with Crippen molar-refractivity contribution in [3.63, 3.8) is 0 Å². The van der Waals surface area contributed by atoms with Crippen molar-refractivity contribution in [2.45, 2.75) is 6.92 Å². The van der Waals surface area contributed by atoms with Gasteiger partial charge < -0.3 is 5.32 Å². The highest BCUT2D eigenvalue weighted by molar-refractivity contribution is 7.92. The second-order valence-corrected chi connectivity index (χ2v) is 9.20. The van der Waals surface area contributed by atoms with Crippen LogP contribution in [0.4, 0.5) is 5.69 Å². The lowest BCUT2D eigenvalue weighted by Gasteiger charge is -2.32. The monoisotopic (exact) mass is 433 g/mol. The van der Waals surface area contributed by atoms with Gasteiger partial charge >= 0.3 is 0 Å². The van der Waals surface area contributed by atoms with Crippen LogP contribution in [0.25, 0.3) is 6.08 Å². The van der Waals surface area contributed by atoms with Gasteiger partial charge in [0.2, 0.25) is 15.9 Å². The number of sulfonamides is 1. The summed E-state index contributed by atoms with van der Waals surface area (Å²) in [5, 5.41) is 4.68. The van der Waals surface area contributed by atoms with E-state index >= 15 is 0 Å². The molecule has 0 bridgehead atoms. The van der Waals surface area contributed by atoms with Gasteiger partial charge in [-0.25, -0.2) is 8.42 Å². The molecule has 1 saturated heterocycles. The van der Waals surface area contributed by atoms with Crippen molar-refractivity contribution in [2.24, 2.45) is 0 Å². The molecule has 1 aliphatic rings. The van der Waals surface area contributed by atoms with Crippen LogP contribution in [0.5, 0.6) is 0 Å². The number of carbonyl (C=O) groups is 1. The van der Waals surface area contributed by atoms with Gasteiger partial charge in [0, 0.05) is 42.3 Å². The normalized spacial score (nSPS) is 16.2. The fraction of sp³-hybridized carbons (Fsp3) is 0.286. The van der Waals surface area contributed by atoms with E-state index < -0.39 is 10.0 Å². The van der Waals surface area contributed by atoms with Gasteiger partial charge in [-0.15, -0.1) is 0 Å². The topological polar surface area (TPSA) is 69.7 Å². The van der Waals surface area contributed by atoms with Crippen molar-refractivity contribution in [2.75, 3.05) is 38.0 Å². The van der Waals surface area contributed by atoms with E-state index in [-0.39, 0.29) is 12.5 Å². The molecule has 1 N–H and O–H groups in total. The van der Waals surface area contributed by atoms with Gasteiger partial charge in [-0.1, -0.05) is 48.0 Å². The van der Waals surface area contributed by atoms with Crippen LogP contribution in [0.2, 0.25) is 5.02 Å². The van der Waals surface area contributed by atoms with Gasteiger partial charge in [0.25, 0.3) is 0 Å². The predicted molar refractivity (Wildman–Crippen MR) is 117 cm³/mol. The first kappa shape index (κ1) is 21.5. The number of halogens is 1. The molecule has 3 rings (SSSR count). The molecule has 8 heteroatoms. The van der Waals surface area contributed by atoms with E-state index in [0.717, 1.165) is 11.1 Å². The number of nitrogens with one attached hydrogen (secondary N) is 1. The molecular formula is C21H24ClN3O3S. The molecule has 1 amide bonds. The van der Waals surface area contributed by atoms with Crippen LogP contribution in [0.15, 0.2) is 53.9 Å². The van der Waals surface area contributed by atoms with Crippen molar-refractivity contribution in [1.82, 2.24) is 9.21 Å². The van der Waals surface area contributed by atoms with Crippen LogP contribution in [0, 0.1) is 6.92 Å². The highest BCUT2D eigenvalue weighted by Gasteiger charge is 2.26. The average Bonchev–Trinajstić information content (AvgIpc) is 2.70. The molecule has 2 aromatic carbocycles. The minimum atomic E-state index is -3.48. The molecular weight excluding hydrogens is 410 g/mol. The van der Waals surface area contributed by atoms with E-state index in [9.17, 15) is 13.2 Å². The number of hydrogen-bond donors (Lipinski definition) is 1. The predicted octanol–water partition coefficient (Wildman–Crippen LogP) is 3.21. The van der Waals surface area contributed by atoms with Crippen LogP contribution in [0.3, 0.4) is 0 Å². The molecule has 0 atom stereocenters. The third-order valence-corrected chi connectivity index (χ3v) is 6.56. The Hall–Kier alpha value is -2.19. The molecule has 0 spiro atoms. The van der Waals surface area contributed by atoms with Crippen LogP contribution in [0.1, 0.15) is 11.1 Å². The first-order valence-corrected chi connectivity index (χ1v) is 11.2. The Balaban J connectivity index is 1.51. The second kappa shape index (κ2) is 9.54. The number of amides is 1. The number of nitrogens with zero attached hydrogens (tertiary/aromatic N) is 2. The number of hydrogen-bond acceptors (Lipinski definition) is 4. The number of anilines is 1. The van der Waals surface area contributed by atoms with E-state index in [1.54, 1.807) is 18.2 Å². The summed E-state index contributed by atoms with van der Waals surface area (Å²) in [7, 11) is -3.48. The molecule has 0 aromatic heterocycles. The van der Waals surface area contributed by atoms with Gasteiger partial charge in [-0.05, 0) is 36.3 Å². The summed E-state index contributed by atoms with van der Waals surface area (Å²) in [6.07, 6.45) is 1.60. The Labute approximate surface area is 176 Å². The van der Waals surface area contributed by atoms with Gasteiger partial charge in [-0.3, -0.25) is 9.69 Å². The zero-order valence-corrected chi connectivity index (χ0v) is 17.8. The number of carbonyl (C=O) groups excluding carboxylic acids is 1. The van der Waals surface area contributed by atoms with E-state index in [0.29, 0.717) is 36.9 Å². The van der Waals surface area contributed by atoms with Gasteiger partial charge in [-0.2, -0.15) is 4.31 Å². The van der Waals surface area contributed by atoms with Crippen molar-refractivity contribution in [3.05, 3.63) is 70.1 Å². The summed E-state index contributed by atoms with van der Waals surface area (Å²) in [4.78, 5) is 14.3. The van der Waals surface area contributed by atoms with Crippen LogP contribution >= 0.6 is 11.6 Å². The van der Waals surface area contributed by atoms with Crippen molar-refractivity contribution < 1.29 is 13.2 Å². The highest BCUT2D eigenvalue weighted by atomic mass is 35.5. The smallest absolute Gasteiger partial charge is 0.238 e. The Morgan fingerprint density at radius 2 is 1.79 bits per heavy atom. The number of aryl methyl sites for hydroxylation is 1. The third kappa shape index (κ3) is 6.14. The Morgan fingerprint density at radius 1 is 1.10 bits per heavy atom. The van der Waals surface area contributed by atoms with E-state index in [1.165, 1.54) is 9.71 Å². The van der Waals surface area contributed by atoms with Crippen molar-refractivity contribution in [1.29, 1.82) is 0 Å². The number of piperazine rings is 1. The zero-order valence-electron chi connectivity index (χ0n) is 16.2. The molecule has 2 aromatic rings. The molecule has 1 fully saturated rings. The fourth-order valence-corrected chi connectivity index (χ4v) is 4.42. The average molecular weight is 434 g/mol. The highest BCUT2D eigenvalue weighted by Crippen LogP contribution is 2.20. The number of benzene rings is 2. The summed E-state index contributed by atoms with van der Waals surface area (Å²) < 4.78 is 26.5. The maximum absolute atomic E-state index is 12.5. The lowest BCUT2D eigenvalue weighted by molar-refractivity contribution is -0.117. The SMILES string of the molecule is Cc1ccc(Cl)cc1NC(=O)CN1CCN(S(=O)(=O)C=Cc2ccccc2)CC1. The standard InChI is InChI=1S/C21H24ClN3O3S/c1-17-7-8-19(22)15-20(17)23-21(26)16-24-10-12-25(13-11-24)29(27,28)14-9-18-5-3-2-4-6-18/h2-9,14-15H,10-13,16H2,1H3,(H,23,26). The molecule has 29 heavy (non-hydrogen) atoms. The first-order valence-electron chi connectivity index (χ1n) is 9.35. The van der Waals surface area contributed by atoms with E-state index in [1.807, 2.05) is 48.2 Å². The fourth-order valence-electron chi connectivity index (χ4n) is 3.08. The van der Waals surface area contributed by atoms with Crippen LogP contribution in [-0.4, -0.2) is 56.3 Å². The lowest BCUT2D eigenvalue weighted by Crippen LogP contribution is -2.49. The molecule has 1 aliphatic heterocycles. The van der Waals surface area contributed by atoms with Crippen LogP contribution in [-0.2, 0) is 14.8 Å². The van der Waals surface area contributed by atoms with E-state index in [2.05, 4.69) is 5.32 Å². The summed E-state index contributed by atoms with van der Waals surface area (Å²) in [6, 6.07) is 14.7. The van der Waals surface area contributed by atoms with Gasteiger partial charge in [0.1, 0.15) is 0 Å². The maximum atomic E-state index is 12.5. The Bertz CT molecular complexity index is 985. The second-order valence-electron chi connectivity index (χ2n) is 6.94. The molecule has 0 saturated carbocycles. The lowest BCUT2D eigenvalue weighted by atomic mass is 10.2. The number of rotatable bonds is 6. The summed E-state index contributed by atoms with van der Waals surface area (Å²) in [5.74, 6) is -0.143. The molecule has 0 unspecified atom stereocenters. The quantitative estimate of drug-likeness (QED) is 0.759. The molecule has 0 aliphatic carbocycles. The van der Waals surface area contributed by atoms with Gasteiger partial charge in [0.05, 0.1) is 6.54 Å². The third-order valence-electron chi connectivity index (χ3n) is 4.76. The summed E-state index contributed by atoms with van der Waals surface area (Å²) >= 11 is 5.99.